The van der Waals surface area contributed by atoms with Crippen LogP contribution in [0.5, 0.6) is 5.75 Å². The van der Waals surface area contributed by atoms with Crippen molar-refractivity contribution in [1.82, 2.24) is 4.90 Å². The molecule has 0 radical (unpaired) electrons. The highest BCUT2D eigenvalue weighted by molar-refractivity contribution is 5.89. The van der Waals surface area contributed by atoms with Gasteiger partial charge < -0.3 is 23.8 Å². The van der Waals surface area contributed by atoms with Gasteiger partial charge in [-0.2, -0.15) is 0 Å². The first-order chi connectivity index (χ1) is 12.0. The number of carbonyl (C=O) groups is 1. The average Bonchev–Trinajstić information content (AvgIpc) is 2.98. The number of β-lactam (4-membered cyclic amide) rings is 1. The van der Waals surface area contributed by atoms with Crippen molar-refractivity contribution >= 4 is 5.91 Å². The van der Waals surface area contributed by atoms with E-state index < -0.39 is 11.9 Å². The van der Waals surface area contributed by atoms with Crippen molar-refractivity contribution in [2.45, 2.75) is 63.1 Å². The number of ether oxygens (including phenoxy) is 4. The second kappa shape index (κ2) is 5.43. The largest absolute Gasteiger partial charge is 0.478 e. The summed E-state index contributed by atoms with van der Waals surface area (Å²) in [5.74, 6) is 0.393. The van der Waals surface area contributed by atoms with Crippen LogP contribution in [0.4, 0.5) is 0 Å². The third-order valence-corrected chi connectivity index (χ3v) is 5.70. The summed E-state index contributed by atoms with van der Waals surface area (Å²) in [6.45, 7) is 4.60. The highest BCUT2D eigenvalue weighted by Crippen LogP contribution is 2.48. The van der Waals surface area contributed by atoms with Crippen molar-refractivity contribution in [3.63, 3.8) is 0 Å². The quantitative estimate of drug-likeness (QED) is 0.767. The first-order valence-electron chi connectivity index (χ1n) is 9.07. The molecule has 5 rings (SSSR count). The second-order valence-electron chi connectivity index (χ2n) is 7.75. The molecular weight excluding hydrogens is 322 g/mol. The number of para-hydroxylation sites is 1. The molecule has 0 aliphatic carbocycles. The van der Waals surface area contributed by atoms with Crippen LogP contribution in [-0.4, -0.2) is 53.8 Å². The fourth-order valence-corrected chi connectivity index (χ4v) is 4.67. The molecule has 4 aliphatic heterocycles. The molecule has 0 unspecified atom stereocenters. The van der Waals surface area contributed by atoms with Crippen LogP contribution in [0.25, 0.3) is 0 Å². The van der Waals surface area contributed by atoms with Crippen LogP contribution in [-0.2, 0) is 19.0 Å². The molecule has 1 aromatic rings. The molecule has 6 atom stereocenters. The summed E-state index contributed by atoms with van der Waals surface area (Å²) in [5, 5.41) is 0. The summed E-state index contributed by atoms with van der Waals surface area (Å²) in [5.41, 5.74) is 0. The van der Waals surface area contributed by atoms with Gasteiger partial charge in [0.1, 0.15) is 17.9 Å². The molecule has 0 saturated carbocycles. The summed E-state index contributed by atoms with van der Waals surface area (Å²) < 4.78 is 24.2. The SMILES string of the molecule is CC1(C)O[C@H]2O[C@H]3[C@H](CCCN4C(=O)[C@@H](Oc5ccccc5)[C@@H]34)[C@H]2O1. The van der Waals surface area contributed by atoms with Crippen molar-refractivity contribution in [2.24, 2.45) is 5.92 Å². The van der Waals surface area contributed by atoms with E-state index >= 15 is 0 Å². The summed E-state index contributed by atoms with van der Waals surface area (Å²) >= 11 is 0. The van der Waals surface area contributed by atoms with Gasteiger partial charge in [-0.1, -0.05) is 18.2 Å². The highest BCUT2D eigenvalue weighted by Gasteiger charge is 2.64. The normalized spacial score (nSPS) is 41.4. The molecule has 1 amide bonds. The predicted molar refractivity (Wildman–Crippen MR) is 87.8 cm³/mol. The highest BCUT2D eigenvalue weighted by atomic mass is 16.8. The number of rotatable bonds is 2. The second-order valence-corrected chi connectivity index (χ2v) is 7.75. The molecule has 4 heterocycles. The lowest BCUT2D eigenvalue weighted by Gasteiger charge is -2.48. The van der Waals surface area contributed by atoms with Crippen molar-refractivity contribution in [2.75, 3.05) is 6.54 Å². The molecule has 6 nitrogen and oxygen atoms in total. The molecule has 4 saturated heterocycles. The Hall–Kier alpha value is -1.63. The van der Waals surface area contributed by atoms with E-state index in [1.54, 1.807) is 0 Å². The van der Waals surface area contributed by atoms with E-state index in [9.17, 15) is 4.79 Å². The monoisotopic (exact) mass is 345 g/mol. The zero-order valence-electron chi connectivity index (χ0n) is 14.5. The van der Waals surface area contributed by atoms with E-state index in [4.69, 9.17) is 18.9 Å². The fraction of sp³-hybridized carbons (Fsp3) is 0.632. The number of hydrogen-bond acceptors (Lipinski definition) is 5. The maximum absolute atomic E-state index is 12.6. The van der Waals surface area contributed by atoms with E-state index in [2.05, 4.69) is 0 Å². The van der Waals surface area contributed by atoms with Gasteiger partial charge in [-0.25, -0.2) is 0 Å². The molecule has 4 aliphatic rings. The number of nitrogens with zero attached hydrogens (tertiary/aromatic N) is 1. The lowest BCUT2D eigenvalue weighted by atomic mass is 9.84. The number of fused-ring (bicyclic) bond motifs is 5. The van der Waals surface area contributed by atoms with Crippen LogP contribution in [0.1, 0.15) is 26.7 Å². The zero-order chi connectivity index (χ0) is 17.2. The number of benzene rings is 1. The molecule has 1 aromatic carbocycles. The zero-order valence-corrected chi connectivity index (χ0v) is 14.5. The minimum Gasteiger partial charge on any atom is -0.478 e. The Kier molecular flexibility index (Phi) is 3.39. The molecule has 4 fully saturated rings. The minimum atomic E-state index is -0.609. The van der Waals surface area contributed by atoms with Crippen molar-refractivity contribution in [1.29, 1.82) is 0 Å². The Balaban J connectivity index is 1.39. The first kappa shape index (κ1) is 15.6. The van der Waals surface area contributed by atoms with Crippen molar-refractivity contribution in [3.8, 4) is 5.75 Å². The molecule has 6 heteroatoms. The molecule has 134 valence electrons. The van der Waals surface area contributed by atoms with E-state index in [0.29, 0.717) is 5.75 Å². The average molecular weight is 345 g/mol. The number of hydrogen-bond donors (Lipinski definition) is 0. The molecule has 25 heavy (non-hydrogen) atoms. The Morgan fingerprint density at radius 2 is 1.96 bits per heavy atom. The van der Waals surface area contributed by atoms with Crippen LogP contribution >= 0.6 is 0 Å². The number of amides is 1. The smallest absolute Gasteiger partial charge is 0.266 e. The molecular formula is C19H23NO5. The Labute approximate surface area is 147 Å². The predicted octanol–water partition coefficient (Wildman–Crippen LogP) is 1.93. The summed E-state index contributed by atoms with van der Waals surface area (Å²) in [4.78, 5) is 14.5. The maximum Gasteiger partial charge on any atom is 0.266 e. The third kappa shape index (κ3) is 2.39. The van der Waals surface area contributed by atoms with Gasteiger partial charge in [-0.05, 0) is 38.8 Å². The first-order valence-corrected chi connectivity index (χ1v) is 9.07. The van der Waals surface area contributed by atoms with Gasteiger partial charge in [0.25, 0.3) is 5.91 Å². The Bertz CT molecular complexity index is 678. The van der Waals surface area contributed by atoms with Crippen LogP contribution < -0.4 is 4.74 Å². The lowest BCUT2D eigenvalue weighted by Crippen LogP contribution is -2.71. The van der Waals surface area contributed by atoms with Crippen LogP contribution in [0.15, 0.2) is 30.3 Å². The molecule has 0 spiro atoms. The molecule has 0 aromatic heterocycles. The molecule has 0 N–H and O–H groups in total. The Morgan fingerprint density at radius 1 is 1.16 bits per heavy atom. The van der Waals surface area contributed by atoms with E-state index in [-0.39, 0.29) is 36.4 Å². The fourth-order valence-electron chi connectivity index (χ4n) is 4.67. The van der Waals surface area contributed by atoms with Gasteiger partial charge >= 0.3 is 0 Å². The standard InChI is InChI=1S/C19H23NO5/c1-19(2)24-15-12-9-6-10-20-13(14(12)23-18(15)25-19)16(17(20)21)22-11-7-4-3-5-8-11/h3-5,7-8,12-16,18H,6,9-10H2,1-2H3/t12-,13+,14-,15+,16-,18+/m0/s1. The van der Waals surface area contributed by atoms with Gasteiger partial charge in [0.05, 0.1) is 6.10 Å². The van der Waals surface area contributed by atoms with Gasteiger partial charge in [-0.15, -0.1) is 0 Å². The summed E-state index contributed by atoms with van der Waals surface area (Å²) in [7, 11) is 0. The van der Waals surface area contributed by atoms with Crippen molar-refractivity contribution < 1.29 is 23.7 Å². The van der Waals surface area contributed by atoms with Gasteiger partial charge in [-0.3, -0.25) is 4.79 Å². The Morgan fingerprint density at radius 3 is 2.76 bits per heavy atom. The number of carbonyl (C=O) groups excluding carboxylic acids is 1. The maximum atomic E-state index is 12.6. The van der Waals surface area contributed by atoms with Crippen molar-refractivity contribution in [3.05, 3.63) is 30.3 Å². The third-order valence-electron chi connectivity index (χ3n) is 5.70. The van der Waals surface area contributed by atoms with Gasteiger partial charge in [0.15, 0.2) is 18.2 Å². The van der Waals surface area contributed by atoms with Gasteiger partial charge in [0.2, 0.25) is 0 Å². The van der Waals surface area contributed by atoms with E-state index in [1.165, 1.54) is 0 Å². The minimum absolute atomic E-state index is 0.0531. The lowest BCUT2D eigenvalue weighted by molar-refractivity contribution is -0.226. The summed E-state index contributed by atoms with van der Waals surface area (Å²) in [6, 6.07) is 9.44. The van der Waals surface area contributed by atoms with Gasteiger partial charge in [0, 0.05) is 12.5 Å². The topological polar surface area (TPSA) is 57.2 Å². The summed E-state index contributed by atoms with van der Waals surface area (Å²) in [6.07, 6.45) is 0.937. The van der Waals surface area contributed by atoms with Crippen LogP contribution in [0.3, 0.4) is 0 Å². The van der Waals surface area contributed by atoms with E-state index in [1.807, 2.05) is 49.1 Å². The molecule has 0 bridgehead atoms. The van der Waals surface area contributed by atoms with Crippen LogP contribution in [0.2, 0.25) is 0 Å². The van der Waals surface area contributed by atoms with Crippen LogP contribution in [0, 0.1) is 5.92 Å². The van der Waals surface area contributed by atoms with E-state index in [0.717, 1.165) is 19.4 Å².